The van der Waals surface area contributed by atoms with Gasteiger partial charge in [0, 0.05) is 38.6 Å². The van der Waals surface area contributed by atoms with Gasteiger partial charge in [0.15, 0.2) is 5.82 Å². The highest BCUT2D eigenvalue weighted by molar-refractivity contribution is 7.92. The van der Waals surface area contributed by atoms with Crippen LogP contribution in [0.2, 0.25) is 0 Å². The Bertz CT molecular complexity index is 926. The summed E-state index contributed by atoms with van der Waals surface area (Å²) in [5, 5.41) is 0. The normalized spacial score (nSPS) is 17.5. The number of sulfonamides is 1. The van der Waals surface area contributed by atoms with Gasteiger partial charge >= 0.3 is 0 Å². The maximum absolute atomic E-state index is 13.0. The van der Waals surface area contributed by atoms with Crippen molar-refractivity contribution in [2.24, 2.45) is 0 Å². The Morgan fingerprint density at radius 1 is 1.15 bits per heavy atom. The monoisotopic (exact) mass is 388 g/mol. The Kier molecular flexibility index (Phi) is 4.92. The standard InChI is InChI=1S/C19H24N4O3S/c1-22-9-3-4-15-6-7-16(14-18(15)22)27(24,25)21-17-5-2-8-20-19(17)23-10-12-26-13-11-23/h2,5-8,14,21H,3-4,9-13H2,1H3. The maximum atomic E-state index is 13.0. The molecule has 0 spiro atoms. The van der Waals surface area contributed by atoms with E-state index >= 15 is 0 Å². The van der Waals surface area contributed by atoms with Gasteiger partial charge in [-0.05, 0) is 42.7 Å². The van der Waals surface area contributed by atoms with Crippen LogP contribution in [-0.2, 0) is 21.2 Å². The SMILES string of the molecule is CN1CCCc2ccc(S(=O)(=O)Nc3cccnc3N3CCOCC3)cc21. The van der Waals surface area contributed by atoms with Crippen LogP contribution in [-0.4, -0.2) is 53.3 Å². The first kappa shape index (κ1) is 18.1. The van der Waals surface area contributed by atoms with E-state index in [4.69, 9.17) is 4.74 Å². The van der Waals surface area contributed by atoms with Crippen molar-refractivity contribution >= 4 is 27.2 Å². The van der Waals surface area contributed by atoms with Crippen LogP contribution in [0.5, 0.6) is 0 Å². The topological polar surface area (TPSA) is 74.8 Å². The van der Waals surface area contributed by atoms with Crippen LogP contribution in [0.1, 0.15) is 12.0 Å². The van der Waals surface area contributed by atoms with E-state index in [1.165, 1.54) is 5.56 Å². The second kappa shape index (κ2) is 7.36. The predicted molar refractivity (Wildman–Crippen MR) is 106 cm³/mol. The number of benzene rings is 1. The first-order valence-corrected chi connectivity index (χ1v) is 10.7. The molecule has 2 aromatic rings. The van der Waals surface area contributed by atoms with Crippen LogP contribution in [0.4, 0.5) is 17.2 Å². The van der Waals surface area contributed by atoms with Crippen molar-refractivity contribution in [2.45, 2.75) is 17.7 Å². The van der Waals surface area contributed by atoms with E-state index < -0.39 is 10.0 Å². The molecular formula is C19H24N4O3S. The average molecular weight is 388 g/mol. The molecule has 0 aliphatic carbocycles. The maximum Gasteiger partial charge on any atom is 0.262 e. The molecule has 0 unspecified atom stereocenters. The van der Waals surface area contributed by atoms with Crippen LogP contribution in [0, 0.1) is 0 Å². The average Bonchev–Trinajstić information content (AvgIpc) is 2.69. The zero-order chi connectivity index (χ0) is 18.9. The van der Waals surface area contributed by atoms with Crippen molar-refractivity contribution < 1.29 is 13.2 Å². The molecule has 3 heterocycles. The molecule has 2 aliphatic heterocycles. The smallest absolute Gasteiger partial charge is 0.262 e. The number of fused-ring (bicyclic) bond motifs is 1. The molecule has 0 atom stereocenters. The van der Waals surface area contributed by atoms with E-state index in [2.05, 4.69) is 14.6 Å². The molecule has 7 nitrogen and oxygen atoms in total. The minimum atomic E-state index is -3.71. The van der Waals surface area contributed by atoms with Gasteiger partial charge in [-0.2, -0.15) is 0 Å². The van der Waals surface area contributed by atoms with Gasteiger partial charge in [0.2, 0.25) is 0 Å². The number of nitrogens with zero attached hydrogens (tertiary/aromatic N) is 3. The fourth-order valence-electron chi connectivity index (χ4n) is 3.61. The Morgan fingerprint density at radius 3 is 2.78 bits per heavy atom. The molecule has 1 aromatic heterocycles. The molecule has 0 radical (unpaired) electrons. The highest BCUT2D eigenvalue weighted by Crippen LogP contribution is 2.31. The third-order valence-electron chi connectivity index (χ3n) is 5.06. The number of ether oxygens (including phenoxy) is 1. The van der Waals surface area contributed by atoms with E-state index in [-0.39, 0.29) is 4.90 Å². The molecule has 144 valence electrons. The van der Waals surface area contributed by atoms with Crippen molar-refractivity contribution in [1.29, 1.82) is 0 Å². The fourth-order valence-corrected chi connectivity index (χ4v) is 4.69. The Balaban J connectivity index is 1.64. The number of hydrogen-bond acceptors (Lipinski definition) is 6. The van der Waals surface area contributed by atoms with E-state index in [1.807, 2.05) is 18.0 Å². The molecule has 1 N–H and O–H groups in total. The summed E-state index contributed by atoms with van der Waals surface area (Å²) in [7, 11) is -1.71. The van der Waals surface area contributed by atoms with Gasteiger partial charge in [-0.3, -0.25) is 4.72 Å². The second-order valence-electron chi connectivity index (χ2n) is 6.90. The summed E-state index contributed by atoms with van der Waals surface area (Å²) < 4.78 is 34.2. The van der Waals surface area contributed by atoms with E-state index in [9.17, 15) is 8.42 Å². The molecule has 0 saturated carbocycles. The third kappa shape index (κ3) is 3.72. The number of hydrogen-bond donors (Lipinski definition) is 1. The number of anilines is 3. The number of nitrogens with one attached hydrogen (secondary N) is 1. The molecule has 2 aliphatic rings. The van der Waals surface area contributed by atoms with Gasteiger partial charge in [0.25, 0.3) is 10.0 Å². The molecule has 1 saturated heterocycles. The van der Waals surface area contributed by atoms with Crippen LogP contribution in [0.3, 0.4) is 0 Å². The first-order valence-electron chi connectivity index (χ1n) is 9.19. The summed E-state index contributed by atoms with van der Waals surface area (Å²) >= 11 is 0. The Labute approximate surface area is 160 Å². The summed E-state index contributed by atoms with van der Waals surface area (Å²) in [5.74, 6) is 0.638. The van der Waals surface area contributed by atoms with Gasteiger partial charge < -0.3 is 14.5 Å². The molecule has 0 amide bonds. The molecule has 8 heteroatoms. The summed E-state index contributed by atoms with van der Waals surface area (Å²) in [6.45, 7) is 3.54. The Morgan fingerprint density at radius 2 is 1.96 bits per heavy atom. The zero-order valence-corrected chi connectivity index (χ0v) is 16.2. The molecular weight excluding hydrogens is 364 g/mol. The van der Waals surface area contributed by atoms with Gasteiger partial charge in [0.05, 0.1) is 23.8 Å². The number of aryl methyl sites for hydroxylation is 1. The lowest BCUT2D eigenvalue weighted by molar-refractivity contribution is 0.122. The number of morpholine rings is 1. The van der Waals surface area contributed by atoms with Crippen molar-refractivity contribution in [3.05, 3.63) is 42.1 Å². The quantitative estimate of drug-likeness (QED) is 0.865. The van der Waals surface area contributed by atoms with Crippen LogP contribution in [0.15, 0.2) is 41.4 Å². The third-order valence-corrected chi connectivity index (χ3v) is 6.42. The highest BCUT2D eigenvalue weighted by atomic mass is 32.2. The van der Waals surface area contributed by atoms with Crippen LogP contribution >= 0.6 is 0 Å². The van der Waals surface area contributed by atoms with Gasteiger partial charge in [0.1, 0.15) is 0 Å². The molecule has 1 fully saturated rings. The number of rotatable bonds is 4. The molecule has 27 heavy (non-hydrogen) atoms. The minimum Gasteiger partial charge on any atom is -0.378 e. The van der Waals surface area contributed by atoms with Gasteiger partial charge in [-0.1, -0.05) is 6.07 Å². The van der Waals surface area contributed by atoms with Gasteiger partial charge in [-0.15, -0.1) is 0 Å². The van der Waals surface area contributed by atoms with Gasteiger partial charge in [-0.25, -0.2) is 13.4 Å². The lowest BCUT2D eigenvalue weighted by atomic mass is 10.0. The second-order valence-corrected chi connectivity index (χ2v) is 8.58. The van der Waals surface area contributed by atoms with Crippen molar-refractivity contribution in [3.63, 3.8) is 0 Å². The Hall–Kier alpha value is -2.32. The lowest BCUT2D eigenvalue weighted by Crippen LogP contribution is -2.37. The first-order chi connectivity index (χ1) is 13.0. The molecule has 0 bridgehead atoms. The fraction of sp³-hybridized carbons (Fsp3) is 0.421. The summed E-state index contributed by atoms with van der Waals surface area (Å²) in [5.41, 5.74) is 2.67. The number of pyridine rings is 1. The van der Waals surface area contributed by atoms with Crippen molar-refractivity contribution in [3.8, 4) is 0 Å². The largest absolute Gasteiger partial charge is 0.378 e. The number of aromatic nitrogens is 1. The summed E-state index contributed by atoms with van der Waals surface area (Å²) in [4.78, 5) is 8.82. The summed E-state index contributed by atoms with van der Waals surface area (Å²) in [6, 6.07) is 8.86. The molecule has 1 aromatic carbocycles. The lowest BCUT2D eigenvalue weighted by Gasteiger charge is -2.29. The van der Waals surface area contributed by atoms with E-state index in [1.54, 1.807) is 30.5 Å². The predicted octanol–water partition coefficient (Wildman–Crippen LogP) is 2.10. The van der Waals surface area contributed by atoms with Crippen molar-refractivity contribution in [1.82, 2.24) is 4.98 Å². The minimum absolute atomic E-state index is 0.270. The van der Waals surface area contributed by atoms with Crippen LogP contribution < -0.4 is 14.5 Å². The zero-order valence-electron chi connectivity index (χ0n) is 15.4. The molecule has 4 rings (SSSR count). The highest BCUT2D eigenvalue weighted by Gasteiger charge is 2.23. The van der Waals surface area contributed by atoms with E-state index in [0.29, 0.717) is 37.8 Å². The summed E-state index contributed by atoms with van der Waals surface area (Å²) in [6.07, 6.45) is 3.75. The van der Waals surface area contributed by atoms with E-state index in [0.717, 1.165) is 25.1 Å². The van der Waals surface area contributed by atoms with Crippen molar-refractivity contribution in [2.75, 3.05) is 54.4 Å². The van der Waals surface area contributed by atoms with Crippen LogP contribution in [0.25, 0.3) is 0 Å².